The van der Waals surface area contributed by atoms with Crippen LogP contribution < -0.4 is 0 Å². The van der Waals surface area contributed by atoms with Gasteiger partial charge in [0.1, 0.15) is 0 Å². The molecule has 0 aromatic carbocycles. The fraction of sp³-hybridized carbons (Fsp3) is 1.00. The molecule has 0 amide bonds. The Kier molecular flexibility index (Phi) is 6.24. The zero-order valence-corrected chi connectivity index (χ0v) is 16.7. The van der Waals surface area contributed by atoms with E-state index in [2.05, 4.69) is 11.9 Å². The van der Waals surface area contributed by atoms with E-state index in [0.717, 1.165) is 24.3 Å². The molecule has 5 aliphatic carbocycles. The first-order valence-corrected chi connectivity index (χ1v) is 11.2. The van der Waals surface area contributed by atoms with Crippen molar-refractivity contribution in [3.05, 3.63) is 0 Å². The fourth-order valence-corrected chi connectivity index (χ4v) is 6.80. The molecule has 0 radical (unpaired) electrons. The van der Waals surface area contributed by atoms with Crippen LogP contribution in [0.25, 0.3) is 0 Å². The molecular weight excluding hydrogens is 326 g/mol. The van der Waals surface area contributed by atoms with Gasteiger partial charge in [0.2, 0.25) is 0 Å². The highest BCUT2D eigenvalue weighted by Crippen LogP contribution is 2.57. The highest BCUT2D eigenvalue weighted by Gasteiger charge is 2.51. The van der Waals surface area contributed by atoms with Crippen molar-refractivity contribution in [3.63, 3.8) is 0 Å². The highest BCUT2D eigenvalue weighted by molar-refractivity contribution is 5.03. The van der Waals surface area contributed by atoms with Crippen LogP contribution in [-0.4, -0.2) is 61.2 Å². The lowest BCUT2D eigenvalue weighted by Crippen LogP contribution is -2.52. The molecule has 1 atom stereocenters. The van der Waals surface area contributed by atoms with E-state index < -0.39 is 0 Å². The molecular formula is C22H39NO3. The van der Waals surface area contributed by atoms with Gasteiger partial charge < -0.3 is 19.5 Å². The molecule has 1 N–H and O–H groups in total. The van der Waals surface area contributed by atoms with Crippen LogP contribution in [0.5, 0.6) is 0 Å². The average Bonchev–Trinajstić information content (AvgIpc) is 2.61. The molecule has 0 heterocycles. The summed E-state index contributed by atoms with van der Waals surface area (Å²) in [5.74, 6) is 2.79. The molecule has 150 valence electrons. The van der Waals surface area contributed by atoms with E-state index in [1.54, 1.807) is 0 Å². The second kappa shape index (κ2) is 8.46. The number of ether oxygens (including phenoxy) is 2. The number of nitrogens with zero attached hydrogens (tertiary/aromatic N) is 1. The number of likely N-dealkylation sites (N-methyl/N-ethyl adjacent to an activating group) is 1. The number of hydrogen-bond acceptors (Lipinski definition) is 4. The largest absolute Gasteiger partial charge is 0.389 e. The lowest BCUT2D eigenvalue weighted by atomic mass is 9.54. The number of rotatable bonds is 9. The number of aliphatic hydroxyl groups excluding tert-OH is 1. The van der Waals surface area contributed by atoms with Crippen LogP contribution in [0.3, 0.4) is 0 Å². The molecule has 5 saturated carbocycles. The second-order valence-corrected chi connectivity index (χ2v) is 9.91. The fourth-order valence-electron chi connectivity index (χ4n) is 6.80. The van der Waals surface area contributed by atoms with Gasteiger partial charge in [0.05, 0.1) is 31.5 Å². The van der Waals surface area contributed by atoms with Crippen molar-refractivity contribution < 1.29 is 14.6 Å². The minimum atomic E-state index is -0.388. The Morgan fingerprint density at radius 2 is 1.58 bits per heavy atom. The minimum absolute atomic E-state index is 0.178. The maximum absolute atomic E-state index is 10.3. The predicted octanol–water partition coefficient (Wildman–Crippen LogP) is 3.61. The summed E-state index contributed by atoms with van der Waals surface area (Å²) in [4.78, 5) is 2.33. The summed E-state index contributed by atoms with van der Waals surface area (Å²) in [5, 5.41) is 10.3. The van der Waals surface area contributed by atoms with Crippen molar-refractivity contribution in [2.24, 2.45) is 17.8 Å². The molecule has 0 aromatic rings. The molecule has 0 spiro atoms. The summed E-state index contributed by atoms with van der Waals surface area (Å²) in [6.07, 6.45) is 14.5. The Hall–Kier alpha value is -0.160. The van der Waals surface area contributed by atoms with E-state index >= 15 is 0 Å². The van der Waals surface area contributed by atoms with Gasteiger partial charge in [0.25, 0.3) is 0 Å². The van der Waals surface area contributed by atoms with E-state index in [4.69, 9.17) is 9.47 Å². The summed E-state index contributed by atoms with van der Waals surface area (Å²) in [7, 11) is 2.15. The summed E-state index contributed by atoms with van der Waals surface area (Å²) >= 11 is 0. The maximum Gasteiger partial charge on any atom is 0.0900 e. The summed E-state index contributed by atoms with van der Waals surface area (Å²) < 4.78 is 12.1. The summed E-state index contributed by atoms with van der Waals surface area (Å²) in [6, 6.07) is 0.651. The third-order valence-corrected chi connectivity index (χ3v) is 7.62. The summed E-state index contributed by atoms with van der Waals surface area (Å²) in [6.45, 7) is 2.46. The minimum Gasteiger partial charge on any atom is -0.389 e. The molecule has 4 nitrogen and oxygen atoms in total. The van der Waals surface area contributed by atoms with E-state index in [-0.39, 0.29) is 11.7 Å². The van der Waals surface area contributed by atoms with Crippen molar-refractivity contribution in [2.75, 3.05) is 33.4 Å². The highest BCUT2D eigenvalue weighted by atomic mass is 16.5. The van der Waals surface area contributed by atoms with Gasteiger partial charge in [0, 0.05) is 12.6 Å². The monoisotopic (exact) mass is 365 g/mol. The van der Waals surface area contributed by atoms with Crippen LogP contribution in [-0.2, 0) is 9.47 Å². The lowest BCUT2D eigenvalue weighted by molar-refractivity contribution is -0.170. The molecule has 0 unspecified atom stereocenters. The van der Waals surface area contributed by atoms with Crippen molar-refractivity contribution in [2.45, 2.75) is 88.4 Å². The average molecular weight is 366 g/mol. The quantitative estimate of drug-likeness (QED) is 0.634. The van der Waals surface area contributed by atoms with Crippen molar-refractivity contribution in [3.8, 4) is 0 Å². The SMILES string of the molecule is CN(C[C@@H](O)COCCOC12CC3CC(CC(C3)C1)C2)C1CCCCC1. The topological polar surface area (TPSA) is 41.9 Å². The Balaban J connectivity index is 1.10. The van der Waals surface area contributed by atoms with Gasteiger partial charge in [-0.05, 0) is 76.2 Å². The Bertz CT molecular complexity index is 413. The van der Waals surface area contributed by atoms with Gasteiger partial charge in [-0.2, -0.15) is 0 Å². The first-order chi connectivity index (χ1) is 12.6. The third-order valence-electron chi connectivity index (χ3n) is 7.62. The van der Waals surface area contributed by atoms with Gasteiger partial charge in [-0.3, -0.25) is 0 Å². The Morgan fingerprint density at radius 3 is 2.19 bits per heavy atom. The zero-order chi connectivity index (χ0) is 18.0. The standard InChI is InChI=1S/C22H39NO3/c1-23(20-5-3-2-4-6-20)15-21(24)16-25-7-8-26-22-12-17-9-18(13-22)11-19(10-17)14-22/h17-21,24H,2-16H2,1H3/t17?,18?,19?,21-,22?/m1/s1. The van der Waals surface area contributed by atoms with Gasteiger partial charge >= 0.3 is 0 Å². The van der Waals surface area contributed by atoms with Gasteiger partial charge in [-0.25, -0.2) is 0 Å². The third kappa shape index (κ3) is 4.63. The number of hydrogen-bond donors (Lipinski definition) is 1. The van der Waals surface area contributed by atoms with Gasteiger partial charge in [-0.1, -0.05) is 19.3 Å². The second-order valence-electron chi connectivity index (χ2n) is 9.91. The normalized spacial score (nSPS) is 38.2. The van der Waals surface area contributed by atoms with E-state index in [9.17, 15) is 5.11 Å². The predicted molar refractivity (Wildman–Crippen MR) is 103 cm³/mol. The molecule has 5 rings (SSSR count). The van der Waals surface area contributed by atoms with Crippen LogP contribution in [0, 0.1) is 17.8 Å². The van der Waals surface area contributed by atoms with Crippen LogP contribution in [0.4, 0.5) is 0 Å². The molecule has 0 saturated heterocycles. The van der Waals surface area contributed by atoms with E-state index in [0.29, 0.717) is 25.9 Å². The maximum atomic E-state index is 10.3. The van der Waals surface area contributed by atoms with Gasteiger partial charge in [0.15, 0.2) is 0 Å². The molecule has 0 aliphatic heterocycles. The van der Waals surface area contributed by atoms with Crippen molar-refractivity contribution in [1.82, 2.24) is 4.90 Å². The van der Waals surface area contributed by atoms with Crippen LogP contribution in [0.15, 0.2) is 0 Å². The molecule has 5 aliphatic rings. The smallest absolute Gasteiger partial charge is 0.0900 e. The van der Waals surface area contributed by atoms with Crippen LogP contribution in [0.2, 0.25) is 0 Å². The molecule has 4 heteroatoms. The first-order valence-electron chi connectivity index (χ1n) is 11.2. The van der Waals surface area contributed by atoms with E-state index in [1.807, 2.05) is 0 Å². The molecule has 5 fully saturated rings. The molecule has 0 aromatic heterocycles. The molecule has 4 bridgehead atoms. The number of aliphatic hydroxyl groups is 1. The lowest BCUT2D eigenvalue weighted by Gasteiger charge is -2.56. The first kappa shape index (κ1) is 19.2. The van der Waals surface area contributed by atoms with Gasteiger partial charge in [-0.15, -0.1) is 0 Å². The van der Waals surface area contributed by atoms with E-state index in [1.165, 1.54) is 70.6 Å². The Labute approximate surface area is 159 Å². The van der Waals surface area contributed by atoms with Crippen LogP contribution >= 0.6 is 0 Å². The van der Waals surface area contributed by atoms with Crippen molar-refractivity contribution in [1.29, 1.82) is 0 Å². The summed E-state index contributed by atoms with van der Waals surface area (Å²) in [5.41, 5.74) is 0.178. The zero-order valence-electron chi connectivity index (χ0n) is 16.7. The Morgan fingerprint density at radius 1 is 0.962 bits per heavy atom. The van der Waals surface area contributed by atoms with Crippen molar-refractivity contribution >= 4 is 0 Å². The van der Waals surface area contributed by atoms with Crippen LogP contribution in [0.1, 0.15) is 70.6 Å². The molecule has 26 heavy (non-hydrogen) atoms.